The first-order valence-corrected chi connectivity index (χ1v) is 6.62. The van der Waals surface area contributed by atoms with Crippen LogP contribution in [0.3, 0.4) is 0 Å². The van der Waals surface area contributed by atoms with Crippen molar-refractivity contribution in [3.63, 3.8) is 0 Å². The number of ketones is 2. The van der Waals surface area contributed by atoms with Crippen LogP contribution in [0.4, 0.5) is 0 Å². The summed E-state index contributed by atoms with van der Waals surface area (Å²) in [6.45, 7) is 1.24. The van der Waals surface area contributed by atoms with Gasteiger partial charge < -0.3 is 9.47 Å². The monoisotopic (exact) mass is 296 g/mol. The van der Waals surface area contributed by atoms with E-state index in [9.17, 15) is 14.4 Å². The standard InChI is InChI=1S/C17H12O5/c1-9(18)22-13-8-7-12(21-2)14-15(13)17(20)11-6-4-3-5-10(11)16(14)19/h3-8H,1-2H3. The maximum absolute atomic E-state index is 12.7. The minimum Gasteiger partial charge on any atom is -0.496 e. The van der Waals surface area contributed by atoms with Crippen LogP contribution in [-0.2, 0) is 4.79 Å². The Morgan fingerprint density at radius 3 is 1.86 bits per heavy atom. The molecule has 1 aliphatic rings. The molecule has 5 heteroatoms. The van der Waals surface area contributed by atoms with Crippen LogP contribution >= 0.6 is 0 Å². The van der Waals surface area contributed by atoms with E-state index in [-0.39, 0.29) is 34.2 Å². The predicted octanol–water partition coefficient (Wildman–Crippen LogP) is 2.40. The first-order chi connectivity index (χ1) is 10.5. The predicted molar refractivity (Wildman–Crippen MR) is 77.6 cm³/mol. The summed E-state index contributed by atoms with van der Waals surface area (Å²) in [5.41, 5.74) is 0.808. The molecule has 0 fully saturated rings. The Balaban J connectivity index is 2.32. The molecular weight excluding hydrogens is 284 g/mol. The van der Waals surface area contributed by atoms with Crippen molar-refractivity contribution in [3.05, 3.63) is 58.7 Å². The minimum absolute atomic E-state index is 0.0659. The third-order valence-corrected chi connectivity index (χ3v) is 3.47. The first-order valence-electron chi connectivity index (χ1n) is 6.62. The quantitative estimate of drug-likeness (QED) is 0.536. The lowest BCUT2D eigenvalue weighted by atomic mass is 9.83. The van der Waals surface area contributed by atoms with E-state index in [2.05, 4.69) is 0 Å². The second kappa shape index (κ2) is 5.11. The molecule has 22 heavy (non-hydrogen) atoms. The van der Waals surface area contributed by atoms with Crippen molar-refractivity contribution in [3.8, 4) is 11.5 Å². The second-order valence-electron chi connectivity index (χ2n) is 4.81. The Bertz CT molecular complexity index is 820. The highest BCUT2D eigenvalue weighted by Gasteiger charge is 2.35. The molecule has 0 spiro atoms. The Morgan fingerprint density at radius 2 is 1.36 bits per heavy atom. The van der Waals surface area contributed by atoms with Crippen molar-refractivity contribution in [1.82, 2.24) is 0 Å². The number of carbonyl (C=O) groups excluding carboxylic acids is 3. The molecule has 0 amide bonds. The van der Waals surface area contributed by atoms with Crippen LogP contribution in [0, 0.1) is 0 Å². The van der Waals surface area contributed by atoms with Gasteiger partial charge in [0.2, 0.25) is 0 Å². The summed E-state index contributed by atoms with van der Waals surface area (Å²) in [6.07, 6.45) is 0. The van der Waals surface area contributed by atoms with Crippen LogP contribution in [0.5, 0.6) is 11.5 Å². The number of benzene rings is 2. The largest absolute Gasteiger partial charge is 0.496 e. The highest BCUT2D eigenvalue weighted by molar-refractivity contribution is 6.30. The number of ether oxygens (including phenoxy) is 2. The van der Waals surface area contributed by atoms with Crippen LogP contribution in [0.15, 0.2) is 36.4 Å². The summed E-state index contributed by atoms with van der Waals surface area (Å²) in [7, 11) is 1.42. The molecule has 110 valence electrons. The fraction of sp³-hybridized carbons (Fsp3) is 0.118. The smallest absolute Gasteiger partial charge is 0.308 e. The van der Waals surface area contributed by atoms with Gasteiger partial charge in [0.15, 0.2) is 11.6 Å². The summed E-state index contributed by atoms with van der Waals surface area (Å²) >= 11 is 0. The van der Waals surface area contributed by atoms with Gasteiger partial charge in [0, 0.05) is 18.1 Å². The molecule has 2 aromatic carbocycles. The molecule has 0 N–H and O–H groups in total. The number of methoxy groups -OCH3 is 1. The molecule has 0 saturated carbocycles. The summed E-state index contributed by atoms with van der Waals surface area (Å²) in [6, 6.07) is 9.51. The normalized spacial score (nSPS) is 12.5. The Kier molecular flexibility index (Phi) is 3.25. The lowest BCUT2D eigenvalue weighted by Crippen LogP contribution is -2.23. The van der Waals surface area contributed by atoms with Gasteiger partial charge in [-0.2, -0.15) is 0 Å². The Hall–Kier alpha value is -2.95. The molecular formula is C17H12O5. The molecule has 0 radical (unpaired) electrons. The molecule has 2 aromatic rings. The maximum atomic E-state index is 12.7. The zero-order valence-corrected chi connectivity index (χ0v) is 12.0. The van der Waals surface area contributed by atoms with Crippen molar-refractivity contribution in [2.24, 2.45) is 0 Å². The summed E-state index contributed by atoms with van der Waals surface area (Å²) in [5.74, 6) is -0.905. The van der Waals surface area contributed by atoms with Gasteiger partial charge in [-0.1, -0.05) is 24.3 Å². The van der Waals surface area contributed by atoms with Crippen molar-refractivity contribution in [2.75, 3.05) is 7.11 Å². The van der Waals surface area contributed by atoms with Crippen molar-refractivity contribution in [1.29, 1.82) is 0 Å². The van der Waals surface area contributed by atoms with Crippen molar-refractivity contribution < 1.29 is 23.9 Å². The molecule has 0 saturated heterocycles. The summed E-state index contributed by atoms with van der Waals surface area (Å²) in [4.78, 5) is 36.7. The molecule has 3 rings (SSSR count). The van der Waals surface area contributed by atoms with E-state index in [4.69, 9.17) is 9.47 Å². The van der Waals surface area contributed by atoms with E-state index < -0.39 is 5.97 Å². The summed E-state index contributed by atoms with van der Waals surface area (Å²) < 4.78 is 10.3. The van der Waals surface area contributed by atoms with E-state index in [0.717, 1.165) is 0 Å². The number of hydrogen-bond donors (Lipinski definition) is 0. The molecule has 0 atom stereocenters. The van der Waals surface area contributed by atoms with Gasteiger partial charge in [0.05, 0.1) is 18.2 Å². The zero-order valence-electron chi connectivity index (χ0n) is 12.0. The van der Waals surface area contributed by atoms with Gasteiger partial charge in [-0.3, -0.25) is 14.4 Å². The lowest BCUT2D eigenvalue weighted by Gasteiger charge is -2.21. The average molecular weight is 296 g/mol. The lowest BCUT2D eigenvalue weighted by molar-refractivity contribution is -0.131. The zero-order chi connectivity index (χ0) is 15.9. The molecule has 0 unspecified atom stereocenters. The van der Waals surface area contributed by atoms with E-state index in [0.29, 0.717) is 11.1 Å². The van der Waals surface area contributed by atoms with Crippen molar-refractivity contribution >= 4 is 17.5 Å². The van der Waals surface area contributed by atoms with Crippen molar-refractivity contribution in [2.45, 2.75) is 6.92 Å². The number of esters is 1. The van der Waals surface area contributed by atoms with Gasteiger partial charge in [-0.05, 0) is 12.1 Å². The number of hydrogen-bond acceptors (Lipinski definition) is 5. The van der Waals surface area contributed by atoms with Gasteiger partial charge in [0.25, 0.3) is 0 Å². The van der Waals surface area contributed by atoms with Gasteiger partial charge in [-0.15, -0.1) is 0 Å². The van der Waals surface area contributed by atoms with Crippen LogP contribution in [0.25, 0.3) is 0 Å². The fourth-order valence-corrected chi connectivity index (χ4v) is 2.57. The fourth-order valence-electron chi connectivity index (χ4n) is 2.57. The topological polar surface area (TPSA) is 69.7 Å². The third kappa shape index (κ3) is 1.98. The highest BCUT2D eigenvalue weighted by atomic mass is 16.5. The first kappa shape index (κ1) is 14.0. The molecule has 0 aliphatic heterocycles. The average Bonchev–Trinajstić information content (AvgIpc) is 2.51. The van der Waals surface area contributed by atoms with Gasteiger partial charge >= 0.3 is 5.97 Å². The van der Waals surface area contributed by atoms with E-state index >= 15 is 0 Å². The van der Waals surface area contributed by atoms with Crippen LogP contribution in [-0.4, -0.2) is 24.6 Å². The Morgan fingerprint density at radius 1 is 0.864 bits per heavy atom. The molecule has 0 heterocycles. The number of rotatable bonds is 2. The minimum atomic E-state index is -0.563. The van der Waals surface area contributed by atoms with E-state index in [1.807, 2.05) is 0 Å². The van der Waals surface area contributed by atoms with Crippen LogP contribution in [0.1, 0.15) is 38.8 Å². The molecule has 0 aromatic heterocycles. The van der Waals surface area contributed by atoms with Gasteiger partial charge in [-0.25, -0.2) is 0 Å². The summed E-state index contributed by atoms with van der Waals surface area (Å²) in [5, 5.41) is 0. The van der Waals surface area contributed by atoms with E-state index in [1.165, 1.54) is 26.2 Å². The number of carbonyl (C=O) groups is 3. The number of fused-ring (bicyclic) bond motifs is 2. The van der Waals surface area contributed by atoms with E-state index in [1.54, 1.807) is 24.3 Å². The molecule has 0 bridgehead atoms. The van der Waals surface area contributed by atoms with Crippen LogP contribution in [0.2, 0.25) is 0 Å². The second-order valence-corrected chi connectivity index (χ2v) is 4.81. The highest BCUT2D eigenvalue weighted by Crippen LogP contribution is 2.38. The third-order valence-electron chi connectivity index (χ3n) is 3.47. The SMILES string of the molecule is COc1ccc(OC(C)=O)c2c1C(=O)c1ccccc1C2=O. The van der Waals surface area contributed by atoms with Crippen LogP contribution < -0.4 is 9.47 Å². The maximum Gasteiger partial charge on any atom is 0.308 e. The van der Waals surface area contributed by atoms with Gasteiger partial charge in [0.1, 0.15) is 11.5 Å². The molecule has 1 aliphatic carbocycles. The Labute approximate surface area is 126 Å². The molecule has 5 nitrogen and oxygen atoms in total.